The zero-order chi connectivity index (χ0) is 20.5. The third-order valence-electron chi connectivity index (χ3n) is 4.64. The molecule has 0 fully saturated rings. The SMILES string of the molecule is CCN(C1=C(c2cccs2)C(=O)N(c2ccc(Cl)c(Cl)c2)C1=O)c1ccccc1. The van der Waals surface area contributed by atoms with Gasteiger partial charge in [0.25, 0.3) is 11.8 Å². The minimum Gasteiger partial charge on any atom is -0.337 e. The Morgan fingerprint density at radius 2 is 1.69 bits per heavy atom. The molecule has 0 saturated carbocycles. The van der Waals surface area contributed by atoms with Crippen molar-refractivity contribution in [2.24, 2.45) is 0 Å². The lowest BCUT2D eigenvalue weighted by atomic mass is 10.1. The molecule has 29 heavy (non-hydrogen) atoms. The van der Waals surface area contributed by atoms with Crippen LogP contribution in [0.25, 0.3) is 5.57 Å². The van der Waals surface area contributed by atoms with Crippen molar-refractivity contribution < 1.29 is 9.59 Å². The third kappa shape index (κ3) is 3.46. The quantitative estimate of drug-likeness (QED) is 0.464. The Kier molecular flexibility index (Phi) is 5.46. The zero-order valence-electron chi connectivity index (χ0n) is 15.4. The molecule has 0 saturated heterocycles. The highest BCUT2D eigenvalue weighted by Gasteiger charge is 2.43. The number of rotatable bonds is 5. The van der Waals surface area contributed by atoms with Crippen molar-refractivity contribution in [1.82, 2.24) is 0 Å². The summed E-state index contributed by atoms with van der Waals surface area (Å²) < 4.78 is 0. The second-order valence-corrected chi connectivity index (χ2v) is 8.09. The molecule has 2 aromatic carbocycles. The maximum atomic E-state index is 13.5. The van der Waals surface area contributed by atoms with Gasteiger partial charge < -0.3 is 4.90 Å². The normalized spacial score (nSPS) is 14.1. The standard InChI is InChI=1S/C22H16Cl2N2O2S/c1-2-25(14-7-4-3-5-8-14)20-19(18-9-6-12-29-18)21(27)26(22(20)28)15-10-11-16(23)17(24)13-15/h3-13H,2H2,1H3. The highest BCUT2D eigenvalue weighted by atomic mass is 35.5. The summed E-state index contributed by atoms with van der Waals surface area (Å²) in [4.78, 5) is 30.7. The molecule has 3 aromatic rings. The molecule has 1 aliphatic rings. The fourth-order valence-corrected chi connectivity index (χ4v) is 4.40. The summed E-state index contributed by atoms with van der Waals surface area (Å²) >= 11 is 13.6. The first-order valence-corrected chi connectivity index (χ1v) is 10.6. The maximum absolute atomic E-state index is 13.5. The average molecular weight is 443 g/mol. The topological polar surface area (TPSA) is 40.6 Å². The fourth-order valence-electron chi connectivity index (χ4n) is 3.35. The Labute approximate surface area is 182 Å². The summed E-state index contributed by atoms with van der Waals surface area (Å²) in [6.07, 6.45) is 0. The van der Waals surface area contributed by atoms with Gasteiger partial charge in [-0.25, -0.2) is 4.90 Å². The molecule has 2 heterocycles. The van der Waals surface area contributed by atoms with Crippen molar-refractivity contribution in [2.45, 2.75) is 6.92 Å². The zero-order valence-corrected chi connectivity index (χ0v) is 17.8. The first-order chi connectivity index (χ1) is 14.0. The number of hydrogen-bond acceptors (Lipinski definition) is 4. The van der Waals surface area contributed by atoms with E-state index in [0.29, 0.717) is 28.5 Å². The van der Waals surface area contributed by atoms with E-state index in [1.807, 2.05) is 59.7 Å². The number of nitrogens with zero attached hydrogens (tertiary/aromatic N) is 2. The van der Waals surface area contributed by atoms with Gasteiger partial charge in [-0.15, -0.1) is 11.3 Å². The molecular weight excluding hydrogens is 427 g/mol. The number of benzene rings is 2. The first kappa shape index (κ1) is 19.7. The van der Waals surface area contributed by atoms with Crippen molar-refractivity contribution in [3.63, 3.8) is 0 Å². The molecule has 1 aliphatic heterocycles. The lowest BCUT2D eigenvalue weighted by Gasteiger charge is -2.24. The highest BCUT2D eigenvalue weighted by molar-refractivity contribution is 7.11. The summed E-state index contributed by atoms with van der Waals surface area (Å²) in [7, 11) is 0. The van der Waals surface area contributed by atoms with Crippen molar-refractivity contribution >= 4 is 63.3 Å². The van der Waals surface area contributed by atoms with Gasteiger partial charge in [-0.2, -0.15) is 0 Å². The second-order valence-electron chi connectivity index (χ2n) is 6.32. The molecule has 0 N–H and O–H groups in total. The number of thiophene rings is 1. The summed E-state index contributed by atoms with van der Waals surface area (Å²) in [5.41, 5.74) is 1.98. The lowest BCUT2D eigenvalue weighted by molar-refractivity contribution is -0.120. The number of para-hydroxylation sites is 1. The summed E-state index contributed by atoms with van der Waals surface area (Å²) in [5.74, 6) is -0.761. The Bertz CT molecular complexity index is 1110. The number of imide groups is 1. The van der Waals surface area contributed by atoms with Crippen molar-refractivity contribution in [3.05, 3.63) is 86.7 Å². The van der Waals surface area contributed by atoms with Gasteiger partial charge in [-0.1, -0.05) is 47.5 Å². The Hall–Kier alpha value is -2.60. The second kappa shape index (κ2) is 8.03. The van der Waals surface area contributed by atoms with Crippen molar-refractivity contribution in [3.8, 4) is 0 Å². The lowest BCUT2D eigenvalue weighted by Crippen LogP contribution is -2.35. The molecule has 4 nitrogen and oxygen atoms in total. The number of anilines is 2. The molecule has 7 heteroatoms. The predicted octanol–water partition coefficient (Wildman–Crippen LogP) is 5.87. The number of amides is 2. The highest BCUT2D eigenvalue weighted by Crippen LogP contribution is 2.39. The molecule has 1 aromatic heterocycles. The monoisotopic (exact) mass is 442 g/mol. The Morgan fingerprint density at radius 3 is 2.31 bits per heavy atom. The van der Waals surface area contributed by atoms with Crippen LogP contribution in [0.1, 0.15) is 11.8 Å². The largest absolute Gasteiger partial charge is 0.337 e. The molecular formula is C22H16Cl2N2O2S. The maximum Gasteiger partial charge on any atom is 0.282 e. The van der Waals surface area contributed by atoms with Crippen LogP contribution in [0.4, 0.5) is 11.4 Å². The number of hydrogen-bond donors (Lipinski definition) is 0. The van der Waals surface area contributed by atoms with Crippen molar-refractivity contribution in [1.29, 1.82) is 0 Å². The Morgan fingerprint density at radius 1 is 0.931 bits per heavy atom. The molecule has 0 bridgehead atoms. The van der Waals surface area contributed by atoms with Crippen molar-refractivity contribution in [2.75, 3.05) is 16.3 Å². The van der Waals surface area contributed by atoms with Gasteiger partial charge in [0.1, 0.15) is 5.70 Å². The van der Waals surface area contributed by atoms with E-state index in [0.717, 1.165) is 15.5 Å². The van der Waals surface area contributed by atoms with Crippen LogP contribution in [0.5, 0.6) is 0 Å². The molecule has 0 unspecified atom stereocenters. The van der Waals surface area contributed by atoms with Crippen LogP contribution in [-0.4, -0.2) is 18.4 Å². The van der Waals surface area contributed by atoms with Gasteiger partial charge in [-0.05, 0) is 48.7 Å². The summed E-state index contributed by atoms with van der Waals surface area (Å²) in [6.45, 7) is 2.48. The first-order valence-electron chi connectivity index (χ1n) is 8.97. The Balaban J connectivity index is 1.88. The molecule has 2 amide bonds. The van der Waals surface area contributed by atoms with Crippen LogP contribution in [0.15, 0.2) is 71.7 Å². The van der Waals surface area contributed by atoms with Crippen LogP contribution >= 0.6 is 34.5 Å². The fraction of sp³-hybridized carbons (Fsp3) is 0.0909. The summed E-state index contributed by atoms with van der Waals surface area (Å²) in [6, 6.07) is 18.0. The van der Waals surface area contributed by atoms with Gasteiger partial charge in [0.05, 0.1) is 21.3 Å². The smallest absolute Gasteiger partial charge is 0.282 e. The summed E-state index contributed by atoms with van der Waals surface area (Å²) in [5, 5.41) is 2.53. The van der Waals surface area contributed by atoms with Crippen LogP contribution in [0.3, 0.4) is 0 Å². The van der Waals surface area contributed by atoms with Crippen LogP contribution < -0.4 is 9.80 Å². The van der Waals surface area contributed by atoms with E-state index in [1.165, 1.54) is 17.4 Å². The number of carbonyl (C=O) groups excluding carboxylic acids is 2. The molecule has 0 radical (unpaired) electrons. The minimum absolute atomic E-state index is 0.284. The third-order valence-corrected chi connectivity index (χ3v) is 6.27. The van der Waals surface area contributed by atoms with Gasteiger partial charge >= 0.3 is 0 Å². The van der Waals surface area contributed by atoms with E-state index in [9.17, 15) is 9.59 Å². The van der Waals surface area contributed by atoms with Gasteiger partial charge in [0.2, 0.25) is 0 Å². The van der Waals surface area contributed by atoms with E-state index in [1.54, 1.807) is 12.1 Å². The minimum atomic E-state index is -0.387. The molecule has 146 valence electrons. The molecule has 0 atom stereocenters. The molecule has 0 aliphatic carbocycles. The van der Waals surface area contributed by atoms with E-state index in [2.05, 4.69) is 0 Å². The number of likely N-dealkylation sites (N-methyl/N-ethyl adjacent to an activating group) is 1. The van der Waals surface area contributed by atoms with Crippen LogP contribution in [-0.2, 0) is 9.59 Å². The molecule has 4 rings (SSSR count). The van der Waals surface area contributed by atoms with E-state index < -0.39 is 0 Å². The van der Waals surface area contributed by atoms with E-state index in [4.69, 9.17) is 23.2 Å². The van der Waals surface area contributed by atoms with Crippen LogP contribution in [0.2, 0.25) is 10.0 Å². The average Bonchev–Trinajstić information content (AvgIpc) is 3.33. The van der Waals surface area contributed by atoms with Gasteiger partial charge in [0, 0.05) is 17.1 Å². The van der Waals surface area contributed by atoms with Gasteiger partial charge in [0.15, 0.2) is 0 Å². The molecule has 0 spiro atoms. The van der Waals surface area contributed by atoms with Gasteiger partial charge in [-0.3, -0.25) is 9.59 Å². The van der Waals surface area contributed by atoms with E-state index in [-0.39, 0.29) is 16.8 Å². The number of halogens is 2. The predicted molar refractivity (Wildman–Crippen MR) is 120 cm³/mol. The number of carbonyl (C=O) groups is 2. The van der Waals surface area contributed by atoms with E-state index >= 15 is 0 Å². The van der Waals surface area contributed by atoms with Crippen LogP contribution in [0, 0.1) is 0 Å².